The van der Waals surface area contributed by atoms with E-state index in [0.29, 0.717) is 39.2 Å². The summed E-state index contributed by atoms with van der Waals surface area (Å²) in [4.78, 5) is 9.06. The van der Waals surface area contributed by atoms with Crippen LogP contribution in [0, 0.1) is 0 Å². The molecule has 0 bridgehead atoms. The third kappa shape index (κ3) is 5.70. The molecule has 1 saturated heterocycles. The number of aliphatic hydroxyl groups is 1. The zero-order valence-electron chi connectivity index (χ0n) is 20.2. The smallest absolute Gasteiger partial charge is 0.416 e. The molecule has 0 unspecified atom stereocenters. The first-order valence-corrected chi connectivity index (χ1v) is 13.3. The van der Waals surface area contributed by atoms with Crippen LogP contribution in [0.25, 0.3) is 5.57 Å². The van der Waals surface area contributed by atoms with Crippen molar-refractivity contribution in [3.8, 4) is 5.88 Å². The highest BCUT2D eigenvalue weighted by Gasteiger charge is 2.34. The number of rotatable bonds is 6. The summed E-state index contributed by atoms with van der Waals surface area (Å²) in [5.41, 5.74) is 0.479. The second kappa shape index (κ2) is 11.0. The number of nitrogens with zero attached hydrogens (tertiary/aromatic N) is 5. The molecule has 7 nitrogen and oxygen atoms in total. The molecule has 1 fully saturated rings. The van der Waals surface area contributed by atoms with Crippen molar-refractivity contribution in [2.45, 2.75) is 19.0 Å². The van der Waals surface area contributed by atoms with Gasteiger partial charge in [-0.1, -0.05) is 35.1 Å². The van der Waals surface area contributed by atoms with Crippen LogP contribution in [0.1, 0.15) is 28.0 Å². The number of alkyl halides is 3. The van der Waals surface area contributed by atoms with Gasteiger partial charge in [-0.3, -0.25) is 4.90 Å². The van der Waals surface area contributed by atoms with Gasteiger partial charge in [0.05, 0.1) is 28.6 Å². The third-order valence-corrected chi connectivity index (χ3v) is 8.03. The Kier molecular flexibility index (Phi) is 7.71. The number of benzene rings is 2. The first kappa shape index (κ1) is 26.6. The maximum Gasteiger partial charge on any atom is 0.416 e. The first-order valence-electron chi connectivity index (χ1n) is 12.1. The van der Waals surface area contributed by atoms with Crippen molar-refractivity contribution in [1.29, 1.82) is 0 Å². The van der Waals surface area contributed by atoms with Gasteiger partial charge < -0.3 is 15.1 Å². The number of aromatic nitrogens is 1. The minimum Gasteiger partial charge on any atom is -0.492 e. The molecule has 2 N–H and O–H groups in total. The van der Waals surface area contributed by atoms with Gasteiger partial charge >= 0.3 is 6.18 Å². The summed E-state index contributed by atoms with van der Waals surface area (Å²) < 4.78 is 41.8. The van der Waals surface area contributed by atoms with E-state index in [1.807, 2.05) is 6.07 Å². The monoisotopic (exact) mass is 563 g/mol. The molecule has 2 aromatic carbocycles. The highest BCUT2D eigenvalue weighted by atomic mass is 35.5. The third-order valence-electron chi connectivity index (χ3n) is 6.63. The number of anilines is 1. The Balaban J connectivity index is 1.59. The molecular formula is C26H25ClF3N5O2S. The lowest BCUT2D eigenvalue weighted by molar-refractivity contribution is -0.138. The van der Waals surface area contributed by atoms with E-state index < -0.39 is 11.7 Å². The van der Waals surface area contributed by atoms with E-state index in [0.717, 1.165) is 37.7 Å². The van der Waals surface area contributed by atoms with Gasteiger partial charge in [-0.05, 0) is 53.6 Å². The molecule has 0 atom stereocenters. The largest absolute Gasteiger partial charge is 0.492 e. The van der Waals surface area contributed by atoms with Gasteiger partial charge in [-0.2, -0.15) is 28.4 Å². The maximum atomic E-state index is 13.9. The van der Waals surface area contributed by atoms with Gasteiger partial charge in [0.2, 0.25) is 5.88 Å². The summed E-state index contributed by atoms with van der Waals surface area (Å²) in [5.74, 6) is -0.224. The van der Waals surface area contributed by atoms with Gasteiger partial charge in [0.25, 0.3) is 0 Å². The van der Waals surface area contributed by atoms with E-state index in [1.54, 1.807) is 18.3 Å². The molecule has 2 aliphatic heterocycles. The Morgan fingerprint density at radius 2 is 1.92 bits per heavy atom. The van der Waals surface area contributed by atoms with Crippen molar-refractivity contribution >= 4 is 39.9 Å². The molecule has 0 saturated carbocycles. The van der Waals surface area contributed by atoms with Crippen LogP contribution >= 0.6 is 22.9 Å². The van der Waals surface area contributed by atoms with Crippen LogP contribution in [0.2, 0.25) is 5.02 Å². The molecule has 200 valence electrons. The summed E-state index contributed by atoms with van der Waals surface area (Å²) in [6.07, 6.45) is -2.24. The minimum atomic E-state index is -4.60. The van der Waals surface area contributed by atoms with Gasteiger partial charge in [0.1, 0.15) is 0 Å². The van der Waals surface area contributed by atoms with Crippen LogP contribution in [0.5, 0.6) is 5.88 Å². The van der Waals surface area contributed by atoms with Crippen molar-refractivity contribution in [3.05, 3.63) is 73.6 Å². The number of fused-ring (bicyclic) bond motifs is 1. The highest BCUT2D eigenvalue weighted by molar-refractivity contribution is 7.17. The SMILES string of the molecule is OCCN1CCCN(c2nc(O)c(C(Cc3ccc(Cl)cc3C(F)(F)F)=c3ccc4c(c3)C=NN=4)s2)CC1. The molecule has 0 radical (unpaired) electrons. The van der Waals surface area contributed by atoms with E-state index in [2.05, 4.69) is 25.0 Å². The predicted octanol–water partition coefficient (Wildman–Crippen LogP) is 3.43. The maximum absolute atomic E-state index is 13.9. The second-order valence-electron chi connectivity index (χ2n) is 9.13. The van der Waals surface area contributed by atoms with Crippen LogP contribution in [0.15, 0.2) is 46.6 Å². The molecular weight excluding hydrogens is 539 g/mol. The predicted molar refractivity (Wildman–Crippen MR) is 142 cm³/mol. The second-order valence-corrected chi connectivity index (χ2v) is 10.5. The molecule has 1 aromatic heterocycles. The fourth-order valence-corrected chi connectivity index (χ4v) is 5.97. The van der Waals surface area contributed by atoms with Crippen LogP contribution < -0.4 is 15.5 Å². The Bertz CT molecular complexity index is 1490. The van der Waals surface area contributed by atoms with Gasteiger partial charge in [0.15, 0.2) is 5.13 Å². The molecule has 0 spiro atoms. The number of aliphatic hydroxyl groups excluding tert-OH is 1. The van der Waals surface area contributed by atoms with Crippen LogP contribution in [-0.2, 0) is 12.6 Å². The Labute approximate surface area is 225 Å². The lowest BCUT2D eigenvalue weighted by atomic mass is 9.96. The molecule has 3 aromatic rings. The number of aromatic hydroxyl groups is 1. The number of halogens is 4. The van der Waals surface area contributed by atoms with Crippen molar-refractivity contribution in [1.82, 2.24) is 9.88 Å². The first-order chi connectivity index (χ1) is 18.2. The van der Waals surface area contributed by atoms with Gasteiger partial charge in [-0.15, -0.1) is 0 Å². The number of hydrogen-bond donors (Lipinski definition) is 2. The molecule has 2 aliphatic rings. The molecule has 0 amide bonds. The fourth-order valence-electron chi connectivity index (χ4n) is 4.72. The van der Waals surface area contributed by atoms with Crippen molar-refractivity contribution in [2.75, 3.05) is 44.2 Å². The van der Waals surface area contributed by atoms with Gasteiger partial charge in [-0.25, -0.2) is 0 Å². The van der Waals surface area contributed by atoms with Crippen molar-refractivity contribution < 1.29 is 23.4 Å². The van der Waals surface area contributed by atoms with Crippen LogP contribution in [-0.4, -0.2) is 65.6 Å². The fraction of sp³-hybridized carbons (Fsp3) is 0.346. The zero-order valence-corrected chi connectivity index (χ0v) is 21.8. The highest BCUT2D eigenvalue weighted by Crippen LogP contribution is 2.39. The Morgan fingerprint density at radius 3 is 2.71 bits per heavy atom. The number of β-amino-alcohol motifs (C(OH)–C–C–N with tert-alkyl or cyclic N) is 1. The Morgan fingerprint density at radius 1 is 1.08 bits per heavy atom. The van der Waals surface area contributed by atoms with E-state index >= 15 is 0 Å². The lowest BCUT2D eigenvalue weighted by Crippen LogP contribution is -2.32. The normalized spacial score (nSPS) is 16.8. The summed E-state index contributed by atoms with van der Waals surface area (Å²) in [6.45, 7) is 3.64. The zero-order chi connectivity index (χ0) is 26.9. The molecule has 38 heavy (non-hydrogen) atoms. The summed E-state index contributed by atoms with van der Waals surface area (Å²) in [6, 6.07) is 9.08. The van der Waals surface area contributed by atoms with E-state index in [4.69, 9.17) is 11.6 Å². The standard InChI is InChI=1S/C26H25ClF3N5O2S/c27-19-4-2-17(21(14-19)26(28,29)30)13-20(16-3-5-22-18(12-16)15-31-33-22)23-24(37)32-25(38-23)35-7-1-6-34(8-9-35)10-11-36/h2-5,12,14-15,36-37H,1,6-11,13H2. The molecule has 3 heterocycles. The van der Waals surface area contributed by atoms with Crippen molar-refractivity contribution in [3.63, 3.8) is 0 Å². The van der Waals surface area contributed by atoms with E-state index in [9.17, 15) is 23.4 Å². The molecule has 0 aliphatic carbocycles. The summed E-state index contributed by atoms with van der Waals surface area (Å²) in [5, 5.41) is 30.1. The lowest BCUT2D eigenvalue weighted by Gasteiger charge is -2.20. The molecule has 5 rings (SSSR count). The van der Waals surface area contributed by atoms with E-state index in [-0.39, 0.29) is 29.5 Å². The van der Waals surface area contributed by atoms with Crippen LogP contribution in [0.3, 0.4) is 0 Å². The summed E-state index contributed by atoms with van der Waals surface area (Å²) >= 11 is 7.17. The minimum absolute atomic E-state index is 0.00249. The Hall–Kier alpha value is -2.99. The number of thiazole rings is 1. The quantitative estimate of drug-likeness (QED) is 0.480. The topological polar surface area (TPSA) is 84.5 Å². The van der Waals surface area contributed by atoms with Crippen LogP contribution in [0.4, 0.5) is 18.3 Å². The number of hydrogen-bond acceptors (Lipinski definition) is 8. The van der Waals surface area contributed by atoms with E-state index in [1.165, 1.54) is 23.5 Å². The van der Waals surface area contributed by atoms with Crippen molar-refractivity contribution in [2.24, 2.45) is 10.2 Å². The van der Waals surface area contributed by atoms with Gasteiger partial charge in [0, 0.05) is 43.2 Å². The molecule has 12 heteroatoms. The average Bonchev–Trinajstić information content (AvgIpc) is 3.43. The average molecular weight is 564 g/mol. The summed E-state index contributed by atoms with van der Waals surface area (Å²) in [7, 11) is 0.